The third kappa shape index (κ3) is 10.6. The first kappa shape index (κ1) is 20.3. The molecule has 136 valence electrons. The van der Waals surface area contributed by atoms with Crippen LogP contribution in [0.4, 0.5) is 0 Å². The number of unbranched alkanes of at least 4 members (excludes halogenated alkanes) is 2. The number of allylic oxidation sites excluding steroid dienone is 2. The molecule has 1 aliphatic rings. The van der Waals surface area contributed by atoms with Gasteiger partial charge >= 0.3 is 0 Å². The van der Waals surface area contributed by atoms with Gasteiger partial charge in [0, 0.05) is 6.42 Å². The average Bonchev–Trinajstić information content (AvgIpc) is 2.43. The van der Waals surface area contributed by atoms with Gasteiger partial charge in [0.05, 0.1) is 30.8 Å². The summed E-state index contributed by atoms with van der Waals surface area (Å²) in [5.74, 6) is 0.993. The van der Waals surface area contributed by atoms with Gasteiger partial charge in [-0.25, -0.2) is 0 Å². The number of hydroxylamine groups is 1. The smallest absolute Gasteiger partial charge is 0.264 e. The number of nitrogens with one attached hydrogen (secondary N) is 1. The quantitative estimate of drug-likeness (QED) is 0.371. The fourth-order valence-corrected chi connectivity index (χ4v) is 2.57. The van der Waals surface area contributed by atoms with E-state index < -0.39 is 10.1 Å². The first-order chi connectivity index (χ1) is 10.7. The molecule has 0 aromatic heterocycles. The molecule has 0 saturated heterocycles. The molecule has 0 unspecified atom stereocenters. The normalized spacial score (nSPS) is 16.5. The highest BCUT2D eigenvalue weighted by Crippen LogP contribution is 2.24. The van der Waals surface area contributed by atoms with Gasteiger partial charge in [-0.05, 0) is 59.3 Å². The van der Waals surface area contributed by atoms with Crippen LogP contribution in [-0.4, -0.2) is 33.5 Å². The highest BCUT2D eigenvalue weighted by atomic mass is 32.2. The van der Waals surface area contributed by atoms with Crippen LogP contribution in [0.15, 0.2) is 11.5 Å². The van der Waals surface area contributed by atoms with Gasteiger partial charge in [-0.2, -0.15) is 8.42 Å². The van der Waals surface area contributed by atoms with Crippen LogP contribution in [0.25, 0.3) is 0 Å². The minimum atomic E-state index is -3.32. The molecule has 7 heteroatoms. The summed E-state index contributed by atoms with van der Waals surface area (Å²) in [6, 6.07) is 0. The van der Waals surface area contributed by atoms with Gasteiger partial charge in [-0.1, -0.05) is 0 Å². The molecule has 0 amide bonds. The molecule has 1 rings (SSSR count). The van der Waals surface area contributed by atoms with Crippen molar-refractivity contribution >= 4 is 10.1 Å². The summed E-state index contributed by atoms with van der Waals surface area (Å²) in [7, 11) is -3.32. The highest BCUT2D eigenvalue weighted by molar-refractivity contribution is 7.85. The fourth-order valence-electron chi connectivity index (χ4n) is 2.15. The number of ether oxygens (including phenoxy) is 1. The number of hydrogen-bond acceptors (Lipinski definition) is 6. The molecule has 0 spiro atoms. The van der Waals surface area contributed by atoms with E-state index in [0.29, 0.717) is 13.0 Å². The van der Waals surface area contributed by atoms with Gasteiger partial charge in [-0.15, -0.1) is 0 Å². The Balaban J connectivity index is 2.26. The molecule has 1 N–H and O–H groups in total. The Kier molecular flexibility index (Phi) is 8.36. The van der Waals surface area contributed by atoms with E-state index in [1.165, 1.54) is 0 Å². The summed E-state index contributed by atoms with van der Waals surface area (Å²) in [6.45, 7) is 6.89. The van der Waals surface area contributed by atoms with Crippen molar-refractivity contribution in [1.82, 2.24) is 5.48 Å². The van der Waals surface area contributed by atoms with Crippen LogP contribution in [0.2, 0.25) is 0 Å². The Hall–Kier alpha value is -0.790. The first-order valence-electron chi connectivity index (χ1n) is 8.31. The lowest BCUT2D eigenvalue weighted by molar-refractivity contribution is -0.0623. The first-order valence-corrected chi connectivity index (χ1v) is 10.1. The second kappa shape index (κ2) is 9.49. The van der Waals surface area contributed by atoms with Crippen LogP contribution in [0.5, 0.6) is 0 Å². The molecular weight excluding hydrogens is 318 g/mol. The maximum atomic E-state index is 10.8. The van der Waals surface area contributed by atoms with Crippen molar-refractivity contribution < 1.29 is 22.2 Å². The summed E-state index contributed by atoms with van der Waals surface area (Å²) < 4.78 is 32.2. The predicted molar refractivity (Wildman–Crippen MR) is 90.1 cm³/mol. The third-order valence-corrected chi connectivity index (χ3v) is 3.85. The zero-order chi connectivity index (χ0) is 17.3. The minimum Gasteiger partial charge on any atom is -0.496 e. The fraction of sp³-hybridized carbons (Fsp3) is 0.875. The monoisotopic (exact) mass is 349 g/mol. The lowest BCUT2D eigenvalue weighted by atomic mass is 10.0. The molecule has 0 aliphatic heterocycles. The Bertz CT molecular complexity index is 479. The van der Waals surface area contributed by atoms with Crippen LogP contribution in [-0.2, 0) is 23.9 Å². The van der Waals surface area contributed by atoms with E-state index in [-0.39, 0.29) is 12.2 Å². The molecule has 0 fully saturated rings. The van der Waals surface area contributed by atoms with Crippen LogP contribution in [0, 0.1) is 0 Å². The van der Waals surface area contributed by atoms with Crippen molar-refractivity contribution in [3.63, 3.8) is 0 Å². The predicted octanol–water partition coefficient (Wildman–Crippen LogP) is 3.25. The lowest BCUT2D eigenvalue weighted by Crippen LogP contribution is -2.30. The SMILES string of the molecule is CC(C)(C)ONC1=C(OCCCCCOS(C)(=O)=O)CCCC1. The van der Waals surface area contributed by atoms with Gasteiger partial charge in [0.25, 0.3) is 10.1 Å². The molecular formula is C16H31NO5S. The molecule has 0 saturated carbocycles. The van der Waals surface area contributed by atoms with Gasteiger partial charge < -0.3 is 4.74 Å². The van der Waals surface area contributed by atoms with Gasteiger partial charge in [0.1, 0.15) is 5.76 Å². The number of hydrogen-bond donors (Lipinski definition) is 1. The van der Waals surface area contributed by atoms with Crippen molar-refractivity contribution in [2.45, 2.75) is 71.3 Å². The summed E-state index contributed by atoms with van der Waals surface area (Å²) in [5, 5.41) is 0. The zero-order valence-electron chi connectivity index (χ0n) is 14.8. The molecule has 23 heavy (non-hydrogen) atoms. The van der Waals surface area contributed by atoms with E-state index in [4.69, 9.17) is 13.8 Å². The van der Waals surface area contributed by atoms with E-state index in [1.54, 1.807) is 0 Å². The van der Waals surface area contributed by atoms with E-state index in [0.717, 1.165) is 56.2 Å². The van der Waals surface area contributed by atoms with Crippen molar-refractivity contribution in [2.24, 2.45) is 0 Å². The summed E-state index contributed by atoms with van der Waals surface area (Å²) >= 11 is 0. The molecule has 0 heterocycles. The van der Waals surface area contributed by atoms with E-state index in [9.17, 15) is 8.42 Å². The number of rotatable bonds is 10. The zero-order valence-corrected chi connectivity index (χ0v) is 15.6. The van der Waals surface area contributed by atoms with Crippen molar-refractivity contribution in [3.8, 4) is 0 Å². The summed E-state index contributed by atoms with van der Waals surface area (Å²) in [6.07, 6.45) is 7.71. The van der Waals surface area contributed by atoms with Gasteiger partial charge in [0.15, 0.2) is 0 Å². The van der Waals surface area contributed by atoms with E-state index in [1.807, 2.05) is 20.8 Å². The van der Waals surface area contributed by atoms with Gasteiger partial charge in [0.2, 0.25) is 0 Å². The Morgan fingerprint density at radius 1 is 1.04 bits per heavy atom. The molecule has 6 nitrogen and oxygen atoms in total. The van der Waals surface area contributed by atoms with Gasteiger partial charge in [-0.3, -0.25) is 14.5 Å². The second-order valence-electron chi connectivity index (χ2n) is 6.86. The Morgan fingerprint density at radius 2 is 1.70 bits per heavy atom. The Labute approximate surface area is 140 Å². The maximum absolute atomic E-state index is 10.8. The highest BCUT2D eigenvalue weighted by Gasteiger charge is 2.17. The van der Waals surface area contributed by atoms with Crippen LogP contribution < -0.4 is 5.48 Å². The molecule has 0 atom stereocenters. The molecule has 0 bridgehead atoms. The van der Waals surface area contributed by atoms with Crippen molar-refractivity contribution in [3.05, 3.63) is 11.5 Å². The maximum Gasteiger partial charge on any atom is 0.264 e. The summed E-state index contributed by atoms with van der Waals surface area (Å²) in [5.41, 5.74) is 3.86. The topological polar surface area (TPSA) is 73.9 Å². The van der Waals surface area contributed by atoms with Crippen LogP contribution >= 0.6 is 0 Å². The molecule has 1 aliphatic carbocycles. The van der Waals surface area contributed by atoms with Crippen LogP contribution in [0.1, 0.15) is 65.7 Å². The standard InChI is InChI=1S/C16H31NO5S/c1-16(2,3)22-17-14-10-6-7-11-15(14)20-12-8-5-9-13-21-23(4,18)19/h17H,5-13H2,1-4H3. The lowest BCUT2D eigenvalue weighted by Gasteiger charge is -2.26. The second-order valence-corrected chi connectivity index (χ2v) is 8.50. The van der Waals surface area contributed by atoms with Crippen molar-refractivity contribution in [1.29, 1.82) is 0 Å². The van der Waals surface area contributed by atoms with E-state index in [2.05, 4.69) is 5.48 Å². The average molecular weight is 349 g/mol. The molecule has 0 radical (unpaired) electrons. The molecule has 0 aromatic rings. The van der Waals surface area contributed by atoms with E-state index >= 15 is 0 Å². The van der Waals surface area contributed by atoms with Crippen LogP contribution in [0.3, 0.4) is 0 Å². The minimum absolute atomic E-state index is 0.241. The molecule has 0 aromatic carbocycles. The summed E-state index contributed by atoms with van der Waals surface area (Å²) in [4.78, 5) is 5.63. The van der Waals surface area contributed by atoms with Crippen molar-refractivity contribution in [2.75, 3.05) is 19.5 Å². The largest absolute Gasteiger partial charge is 0.496 e. The third-order valence-electron chi connectivity index (χ3n) is 3.26. The Morgan fingerprint density at radius 3 is 2.35 bits per heavy atom.